The molecule has 0 aliphatic rings. The topological polar surface area (TPSA) is 29.5 Å². The summed E-state index contributed by atoms with van der Waals surface area (Å²) in [6.07, 6.45) is 0.801. The number of methoxy groups -OCH3 is 1. The third-order valence-electron chi connectivity index (χ3n) is 3.18. The molecule has 0 radical (unpaired) electrons. The molecule has 0 saturated carbocycles. The first-order chi connectivity index (χ1) is 9.22. The van der Waals surface area contributed by atoms with Crippen LogP contribution in [0.1, 0.15) is 17.0 Å². The molecule has 0 fully saturated rings. The Hall–Kier alpha value is -1.32. The zero-order valence-electron chi connectivity index (χ0n) is 10.8. The summed E-state index contributed by atoms with van der Waals surface area (Å²) in [7, 11) is 1.66. The average Bonchev–Trinajstić information content (AvgIpc) is 2.46. The Morgan fingerprint density at radius 2 is 1.89 bits per heavy atom. The van der Waals surface area contributed by atoms with Gasteiger partial charge in [-0.15, -0.1) is 0 Å². The van der Waals surface area contributed by atoms with Crippen LogP contribution < -0.4 is 4.74 Å². The second-order valence-corrected chi connectivity index (χ2v) is 5.40. The molecule has 2 aromatic rings. The molecule has 2 aromatic carbocycles. The smallest absolute Gasteiger partial charge is 0.119 e. The van der Waals surface area contributed by atoms with Crippen molar-refractivity contribution in [2.24, 2.45) is 0 Å². The summed E-state index contributed by atoms with van der Waals surface area (Å²) < 4.78 is 6.27. The SMILES string of the molecule is COc1cccc(CC(CO)c2ccc(Br)cc2)c1. The maximum atomic E-state index is 9.59. The van der Waals surface area contributed by atoms with Crippen molar-refractivity contribution in [3.05, 3.63) is 64.1 Å². The molecule has 0 amide bonds. The number of halogens is 1. The Labute approximate surface area is 122 Å². The molecule has 0 saturated heterocycles. The van der Waals surface area contributed by atoms with Gasteiger partial charge in [0.2, 0.25) is 0 Å². The van der Waals surface area contributed by atoms with E-state index in [9.17, 15) is 5.11 Å². The highest BCUT2D eigenvalue weighted by atomic mass is 79.9. The molecule has 1 unspecified atom stereocenters. The monoisotopic (exact) mass is 320 g/mol. The van der Waals surface area contributed by atoms with E-state index in [1.54, 1.807) is 7.11 Å². The van der Waals surface area contributed by atoms with Gasteiger partial charge in [-0.05, 0) is 41.8 Å². The lowest BCUT2D eigenvalue weighted by atomic mass is 9.93. The predicted molar refractivity (Wildman–Crippen MR) is 80.7 cm³/mol. The summed E-state index contributed by atoms with van der Waals surface area (Å²) in [6, 6.07) is 16.1. The molecular formula is C16H17BrO2. The molecule has 1 N–H and O–H groups in total. The van der Waals surface area contributed by atoms with Crippen LogP contribution >= 0.6 is 15.9 Å². The highest BCUT2D eigenvalue weighted by Gasteiger charge is 2.11. The van der Waals surface area contributed by atoms with Crippen molar-refractivity contribution in [2.75, 3.05) is 13.7 Å². The van der Waals surface area contributed by atoms with E-state index in [2.05, 4.69) is 22.0 Å². The Morgan fingerprint density at radius 1 is 1.16 bits per heavy atom. The molecule has 0 aliphatic carbocycles. The van der Waals surface area contributed by atoms with Crippen LogP contribution in [0.25, 0.3) is 0 Å². The summed E-state index contributed by atoms with van der Waals surface area (Å²) in [6.45, 7) is 0.138. The van der Waals surface area contributed by atoms with Crippen molar-refractivity contribution >= 4 is 15.9 Å². The van der Waals surface area contributed by atoms with Crippen LogP contribution in [0.15, 0.2) is 53.0 Å². The van der Waals surface area contributed by atoms with Gasteiger partial charge in [-0.25, -0.2) is 0 Å². The van der Waals surface area contributed by atoms with Gasteiger partial charge in [-0.1, -0.05) is 40.2 Å². The van der Waals surface area contributed by atoms with E-state index in [1.165, 1.54) is 5.56 Å². The van der Waals surface area contributed by atoms with Crippen LogP contribution in [0, 0.1) is 0 Å². The third-order valence-corrected chi connectivity index (χ3v) is 3.71. The average molecular weight is 321 g/mol. The molecule has 3 heteroatoms. The molecule has 0 aliphatic heterocycles. The molecule has 0 bridgehead atoms. The number of rotatable bonds is 5. The largest absolute Gasteiger partial charge is 0.497 e. The number of hydrogen-bond donors (Lipinski definition) is 1. The quantitative estimate of drug-likeness (QED) is 0.908. The third kappa shape index (κ3) is 3.82. The van der Waals surface area contributed by atoms with E-state index in [0.29, 0.717) is 0 Å². The molecule has 0 spiro atoms. The van der Waals surface area contributed by atoms with Gasteiger partial charge in [-0.3, -0.25) is 0 Å². The molecular weight excluding hydrogens is 304 g/mol. The van der Waals surface area contributed by atoms with E-state index >= 15 is 0 Å². The lowest BCUT2D eigenvalue weighted by Gasteiger charge is -2.15. The summed E-state index contributed by atoms with van der Waals surface area (Å²) in [5.74, 6) is 0.963. The van der Waals surface area contributed by atoms with Crippen molar-refractivity contribution in [3.63, 3.8) is 0 Å². The number of benzene rings is 2. The normalized spacial score (nSPS) is 12.2. The fourth-order valence-corrected chi connectivity index (χ4v) is 2.37. The number of aliphatic hydroxyl groups is 1. The summed E-state index contributed by atoms with van der Waals surface area (Å²) in [5, 5.41) is 9.59. The molecule has 2 rings (SSSR count). The van der Waals surface area contributed by atoms with Crippen molar-refractivity contribution in [2.45, 2.75) is 12.3 Å². The van der Waals surface area contributed by atoms with Crippen LogP contribution in [0.2, 0.25) is 0 Å². The van der Waals surface area contributed by atoms with Crippen LogP contribution in [0.3, 0.4) is 0 Å². The molecule has 19 heavy (non-hydrogen) atoms. The van der Waals surface area contributed by atoms with Gasteiger partial charge in [0.15, 0.2) is 0 Å². The van der Waals surface area contributed by atoms with Crippen molar-refractivity contribution < 1.29 is 9.84 Å². The maximum Gasteiger partial charge on any atom is 0.119 e. The second kappa shape index (κ2) is 6.73. The Morgan fingerprint density at radius 3 is 2.53 bits per heavy atom. The lowest BCUT2D eigenvalue weighted by molar-refractivity contribution is 0.264. The number of ether oxygens (including phenoxy) is 1. The maximum absolute atomic E-state index is 9.59. The number of aliphatic hydroxyl groups excluding tert-OH is 1. The van der Waals surface area contributed by atoms with E-state index in [4.69, 9.17) is 4.74 Å². The minimum absolute atomic E-state index is 0.111. The van der Waals surface area contributed by atoms with Gasteiger partial charge < -0.3 is 9.84 Å². The van der Waals surface area contributed by atoms with Crippen LogP contribution in [0.4, 0.5) is 0 Å². The fourth-order valence-electron chi connectivity index (χ4n) is 2.11. The zero-order chi connectivity index (χ0) is 13.7. The van der Waals surface area contributed by atoms with Gasteiger partial charge in [0, 0.05) is 10.4 Å². The van der Waals surface area contributed by atoms with E-state index in [-0.39, 0.29) is 12.5 Å². The summed E-state index contributed by atoms with van der Waals surface area (Å²) in [4.78, 5) is 0. The first-order valence-electron chi connectivity index (χ1n) is 6.22. The first kappa shape index (κ1) is 14.1. The predicted octanol–water partition coefficient (Wildman–Crippen LogP) is 3.78. The molecule has 0 aromatic heterocycles. The molecule has 1 atom stereocenters. The fraction of sp³-hybridized carbons (Fsp3) is 0.250. The van der Waals surface area contributed by atoms with Gasteiger partial charge >= 0.3 is 0 Å². The first-order valence-corrected chi connectivity index (χ1v) is 7.01. The van der Waals surface area contributed by atoms with Gasteiger partial charge in [0.05, 0.1) is 13.7 Å². The van der Waals surface area contributed by atoms with Gasteiger partial charge in [-0.2, -0.15) is 0 Å². The van der Waals surface area contributed by atoms with Crippen molar-refractivity contribution in [3.8, 4) is 5.75 Å². The Balaban J connectivity index is 2.16. The minimum Gasteiger partial charge on any atom is -0.497 e. The lowest BCUT2D eigenvalue weighted by Crippen LogP contribution is -2.07. The highest BCUT2D eigenvalue weighted by Crippen LogP contribution is 2.24. The Bertz CT molecular complexity index is 523. The standard InChI is InChI=1S/C16H17BrO2/c1-19-16-4-2-3-12(10-16)9-14(11-18)13-5-7-15(17)8-6-13/h2-8,10,14,18H,9,11H2,1H3. The molecule has 2 nitrogen and oxygen atoms in total. The van der Waals surface area contributed by atoms with E-state index in [0.717, 1.165) is 22.2 Å². The Kier molecular flexibility index (Phi) is 5.00. The number of hydrogen-bond acceptors (Lipinski definition) is 2. The van der Waals surface area contributed by atoms with Crippen LogP contribution in [-0.2, 0) is 6.42 Å². The van der Waals surface area contributed by atoms with Crippen molar-refractivity contribution in [1.29, 1.82) is 0 Å². The van der Waals surface area contributed by atoms with Crippen molar-refractivity contribution in [1.82, 2.24) is 0 Å². The second-order valence-electron chi connectivity index (χ2n) is 4.49. The van der Waals surface area contributed by atoms with E-state index < -0.39 is 0 Å². The van der Waals surface area contributed by atoms with Crippen LogP contribution in [0.5, 0.6) is 5.75 Å². The van der Waals surface area contributed by atoms with E-state index in [1.807, 2.05) is 42.5 Å². The highest BCUT2D eigenvalue weighted by molar-refractivity contribution is 9.10. The molecule has 100 valence electrons. The van der Waals surface area contributed by atoms with Crippen LogP contribution in [-0.4, -0.2) is 18.8 Å². The minimum atomic E-state index is 0.111. The van der Waals surface area contributed by atoms with Gasteiger partial charge in [0.25, 0.3) is 0 Å². The van der Waals surface area contributed by atoms with Gasteiger partial charge in [0.1, 0.15) is 5.75 Å². The summed E-state index contributed by atoms with van der Waals surface area (Å²) >= 11 is 3.42. The molecule has 0 heterocycles. The zero-order valence-corrected chi connectivity index (χ0v) is 12.4. The summed E-state index contributed by atoms with van der Waals surface area (Å²) in [5.41, 5.74) is 2.31.